The van der Waals surface area contributed by atoms with E-state index in [4.69, 9.17) is 4.74 Å². The molecular weight excluding hydrogens is 354 g/mol. The zero-order valence-electron chi connectivity index (χ0n) is 13.4. The van der Waals surface area contributed by atoms with Gasteiger partial charge < -0.3 is 15.0 Å². The van der Waals surface area contributed by atoms with Crippen LogP contribution in [0.5, 0.6) is 0 Å². The van der Waals surface area contributed by atoms with Crippen LogP contribution in [-0.4, -0.2) is 51.4 Å². The van der Waals surface area contributed by atoms with Gasteiger partial charge in [0.15, 0.2) is 0 Å². The molecule has 0 saturated carbocycles. The maximum atomic E-state index is 12.4. The second-order valence-corrected chi connectivity index (χ2v) is 7.66. The van der Waals surface area contributed by atoms with Crippen LogP contribution in [-0.2, 0) is 32.8 Å². The van der Waals surface area contributed by atoms with E-state index in [-0.39, 0.29) is 35.8 Å². The minimum absolute atomic E-state index is 0. The molecule has 0 unspecified atom stereocenters. The number of nitrogens with one attached hydrogen (secondary N) is 2. The van der Waals surface area contributed by atoms with Gasteiger partial charge in [-0.3, -0.25) is 4.79 Å². The van der Waals surface area contributed by atoms with Crippen LogP contribution in [0.4, 0.5) is 0 Å². The van der Waals surface area contributed by atoms with E-state index in [2.05, 4.69) is 10.0 Å². The van der Waals surface area contributed by atoms with Crippen LogP contribution in [0.1, 0.15) is 18.1 Å². The van der Waals surface area contributed by atoms with Gasteiger partial charge >= 0.3 is 0 Å². The molecule has 2 aliphatic rings. The van der Waals surface area contributed by atoms with E-state index in [1.165, 1.54) is 0 Å². The quantitative estimate of drug-likeness (QED) is 0.787. The normalized spacial score (nSPS) is 20.4. The number of hydrogen-bond donors (Lipinski definition) is 2. The highest BCUT2D eigenvalue weighted by atomic mass is 35.5. The topological polar surface area (TPSA) is 87.7 Å². The molecule has 0 spiro atoms. The molecule has 134 valence electrons. The first-order valence-electron chi connectivity index (χ1n) is 7.67. The molecular formula is C15H22ClN3O4S. The molecule has 1 aromatic carbocycles. The fraction of sp³-hybridized carbons (Fsp3) is 0.533. The standard InChI is InChI=1S/C15H21N3O4S.ClH/c1-11-7-16-4-5-18(11)15(19)8-17-23(20,21)14-3-2-12-9-22-10-13(12)6-14;/h2-3,6,11,16-17H,4-5,7-10H2,1H3;1H/t11-;/m0./s1. The Balaban J connectivity index is 0.00000208. The van der Waals surface area contributed by atoms with Crippen molar-refractivity contribution < 1.29 is 17.9 Å². The van der Waals surface area contributed by atoms with Crippen LogP contribution in [0, 0.1) is 0 Å². The Labute approximate surface area is 148 Å². The number of ether oxygens (including phenoxy) is 1. The average molecular weight is 376 g/mol. The van der Waals surface area contributed by atoms with E-state index >= 15 is 0 Å². The van der Waals surface area contributed by atoms with Crippen molar-refractivity contribution >= 4 is 28.3 Å². The van der Waals surface area contributed by atoms with Gasteiger partial charge in [-0.2, -0.15) is 0 Å². The monoisotopic (exact) mass is 375 g/mol. The van der Waals surface area contributed by atoms with E-state index in [9.17, 15) is 13.2 Å². The lowest BCUT2D eigenvalue weighted by molar-refractivity contribution is -0.132. The van der Waals surface area contributed by atoms with E-state index in [0.717, 1.165) is 24.2 Å². The summed E-state index contributed by atoms with van der Waals surface area (Å²) < 4.78 is 32.4. The summed E-state index contributed by atoms with van der Waals surface area (Å²) in [5.74, 6) is -0.202. The number of carbonyl (C=O) groups excluding carboxylic acids is 1. The molecule has 3 rings (SSSR count). The lowest BCUT2D eigenvalue weighted by atomic mass is 10.1. The largest absolute Gasteiger partial charge is 0.372 e. The van der Waals surface area contributed by atoms with Crippen molar-refractivity contribution in [3.05, 3.63) is 29.3 Å². The highest BCUT2D eigenvalue weighted by molar-refractivity contribution is 7.89. The lowest BCUT2D eigenvalue weighted by Crippen LogP contribution is -2.54. The number of halogens is 1. The molecule has 1 fully saturated rings. The molecule has 2 heterocycles. The molecule has 2 aliphatic heterocycles. The van der Waals surface area contributed by atoms with Crippen molar-refractivity contribution in [2.24, 2.45) is 0 Å². The Bertz CT molecular complexity index is 711. The van der Waals surface area contributed by atoms with Crippen LogP contribution >= 0.6 is 12.4 Å². The predicted octanol–water partition coefficient (Wildman–Crippen LogP) is 0.237. The van der Waals surface area contributed by atoms with Gasteiger partial charge in [0.25, 0.3) is 0 Å². The third-order valence-electron chi connectivity index (χ3n) is 4.24. The zero-order valence-corrected chi connectivity index (χ0v) is 15.1. The minimum Gasteiger partial charge on any atom is -0.372 e. The van der Waals surface area contributed by atoms with Gasteiger partial charge in [-0.25, -0.2) is 13.1 Å². The van der Waals surface area contributed by atoms with Crippen molar-refractivity contribution in [3.63, 3.8) is 0 Å². The van der Waals surface area contributed by atoms with Gasteiger partial charge in [-0.15, -0.1) is 12.4 Å². The highest BCUT2D eigenvalue weighted by Gasteiger charge is 2.25. The Hall–Kier alpha value is -1.19. The van der Waals surface area contributed by atoms with Crippen molar-refractivity contribution in [2.75, 3.05) is 26.2 Å². The number of sulfonamides is 1. The van der Waals surface area contributed by atoms with Crippen molar-refractivity contribution in [2.45, 2.75) is 31.1 Å². The van der Waals surface area contributed by atoms with Gasteiger partial charge in [0.1, 0.15) is 0 Å². The van der Waals surface area contributed by atoms with Crippen molar-refractivity contribution in [1.29, 1.82) is 0 Å². The van der Waals surface area contributed by atoms with Crippen LogP contribution in [0.15, 0.2) is 23.1 Å². The first-order valence-corrected chi connectivity index (χ1v) is 9.15. The molecule has 24 heavy (non-hydrogen) atoms. The summed E-state index contributed by atoms with van der Waals surface area (Å²) in [4.78, 5) is 14.1. The maximum Gasteiger partial charge on any atom is 0.241 e. The highest BCUT2D eigenvalue weighted by Crippen LogP contribution is 2.22. The molecule has 0 radical (unpaired) electrons. The number of carbonyl (C=O) groups is 1. The number of hydrogen-bond acceptors (Lipinski definition) is 5. The molecule has 1 amide bonds. The Morgan fingerprint density at radius 2 is 2.12 bits per heavy atom. The van der Waals surface area contributed by atoms with E-state index < -0.39 is 10.0 Å². The summed E-state index contributed by atoms with van der Waals surface area (Å²) in [6, 6.07) is 4.99. The number of amides is 1. The molecule has 9 heteroatoms. The zero-order chi connectivity index (χ0) is 16.4. The molecule has 1 aromatic rings. The average Bonchev–Trinajstić information content (AvgIpc) is 3.00. The molecule has 1 saturated heterocycles. The summed E-state index contributed by atoms with van der Waals surface area (Å²) in [5, 5.41) is 3.20. The molecule has 2 N–H and O–H groups in total. The summed E-state index contributed by atoms with van der Waals surface area (Å²) in [6.45, 7) is 4.71. The summed E-state index contributed by atoms with van der Waals surface area (Å²) >= 11 is 0. The summed E-state index contributed by atoms with van der Waals surface area (Å²) in [5.41, 5.74) is 1.89. The minimum atomic E-state index is -3.70. The molecule has 0 aliphatic carbocycles. The second-order valence-electron chi connectivity index (χ2n) is 5.89. The molecule has 0 aromatic heterocycles. The third kappa shape index (κ3) is 4.07. The fourth-order valence-electron chi connectivity index (χ4n) is 2.87. The van der Waals surface area contributed by atoms with Gasteiger partial charge in [0.2, 0.25) is 15.9 Å². The number of fused-ring (bicyclic) bond motifs is 1. The Morgan fingerprint density at radius 1 is 1.38 bits per heavy atom. The molecule has 1 atom stereocenters. The number of benzene rings is 1. The van der Waals surface area contributed by atoms with Crippen LogP contribution < -0.4 is 10.0 Å². The van der Waals surface area contributed by atoms with E-state index in [1.54, 1.807) is 23.1 Å². The number of nitrogens with zero attached hydrogens (tertiary/aromatic N) is 1. The second kappa shape index (κ2) is 7.79. The smallest absolute Gasteiger partial charge is 0.241 e. The predicted molar refractivity (Wildman–Crippen MR) is 91.4 cm³/mol. The summed E-state index contributed by atoms with van der Waals surface area (Å²) in [6.07, 6.45) is 0. The number of piperazine rings is 1. The number of rotatable bonds is 4. The SMILES string of the molecule is C[C@H]1CNCCN1C(=O)CNS(=O)(=O)c1ccc2c(c1)COC2.Cl. The molecule has 7 nitrogen and oxygen atoms in total. The maximum absolute atomic E-state index is 12.4. The Morgan fingerprint density at radius 3 is 2.88 bits per heavy atom. The van der Waals surface area contributed by atoms with Gasteiger partial charge in [-0.05, 0) is 30.2 Å². The van der Waals surface area contributed by atoms with Crippen molar-refractivity contribution in [3.8, 4) is 0 Å². The van der Waals surface area contributed by atoms with Crippen molar-refractivity contribution in [1.82, 2.24) is 14.9 Å². The van der Waals surface area contributed by atoms with Gasteiger partial charge in [0.05, 0.1) is 24.7 Å². The van der Waals surface area contributed by atoms with Gasteiger partial charge in [0, 0.05) is 25.7 Å². The van der Waals surface area contributed by atoms with E-state index in [1.807, 2.05) is 6.92 Å². The first kappa shape index (κ1) is 19.1. The summed E-state index contributed by atoms with van der Waals surface area (Å²) in [7, 11) is -3.70. The molecule has 0 bridgehead atoms. The van der Waals surface area contributed by atoms with Gasteiger partial charge in [-0.1, -0.05) is 6.07 Å². The third-order valence-corrected chi connectivity index (χ3v) is 5.64. The Kier molecular flexibility index (Phi) is 6.22. The van der Waals surface area contributed by atoms with Crippen LogP contribution in [0.3, 0.4) is 0 Å². The first-order chi connectivity index (χ1) is 11.0. The fourth-order valence-corrected chi connectivity index (χ4v) is 3.89. The lowest BCUT2D eigenvalue weighted by Gasteiger charge is -2.34. The van der Waals surface area contributed by atoms with E-state index in [0.29, 0.717) is 19.8 Å². The van der Waals surface area contributed by atoms with Crippen LogP contribution in [0.2, 0.25) is 0 Å². The van der Waals surface area contributed by atoms with Crippen LogP contribution in [0.25, 0.3) is 0 Å².